The first kappa shape index (κ1) is 15.9. The van der Waals surface area contributed by atoms with Gasteiger partial charge in [-0.1, -0.05) is 70.7 Å². The van der Waals surface area contributed by atoms with Crippen LogP contribution in [0.3, 0.4) is 0 Å². The summed E-state index contributed by atoms with van der Waals surface area (Å²) in [5, 5.41) is 0. The van der Waals surface area contributed by atoms with Crippen LogP contribution >= 0.6 is 31.9 Å². The SMILES string of the molecule is CCC[C@@]12CCC[C@]1(C)c1cc(Br)ccc1-c1ccc(Br)cc12. The van der Waals surface area contributed by atoms with Crippen LogP contribution in [0.25, 0.3) is 11.1 Å². The van der Waals surface area contributed by atoms with Crippen LogP contribution < -0.4 is 0 Å². The predicted molar refractivity (Wildman–Crippen MR) is 105 cm³/mol. The summed E-state index contributed by atoms with van der Waals surface area (Å²) in [7, 11) is 0. The zero-order valence-corrected chi connectivity index (χ0v) is 16.9. The molecule has 0 heterocycles. The van der Waals surface area contributed by atoms with Gasteiger partial charge in [-0.2, -0.15) is 0 Å². The highest BCUT2D eigenvalue weighted by Crippen LogP contribution is 2.64. The molecule has 1 fully saturated rings. The van der Waals surface area contributed by atoms with E-state index in [1.54, 1.807) is 11.1 Å². The van der Waals surface area contributed by atoms with Gasteiger partial charge in [0, 0.05) is 19.8 Å². The van der Waals surface area contributed by atoms with E-state index in [2.05, 4.69) is 82.1 Å². The molecule has 0 radical (unpaired) electrons. The Labute approximate surface area is 155 Å². The lowest BCUT2D eigenvalue weighted by atomic mass is 9.53. The third-order valence-electron chi connectivity index (χ3n) is 6.38. The summed E-state index contributed by atoms with van der Waals surface area (Å²) in [5.41, 5.74) is 6.54. The summed E-state index contributed by atoms with van der Waals surface area (Å²) in [6.45, 7) is 4.85. The largest absolute Gasteiger partial charge is 0.0654 e. The second-order valence-electron chi connectivity index (χ2n) is 7.40. The van der Waals surface area contributed by atoms with Crippen LogP contribution in [-0.4, -0.2) is 0 Å². The maximum Gasteiger partial charge on any atom is 0.0178 e. The Kier molecular flexibility index (Phi) is 3.77. The van der Waals surface area contributed by atoms with Crippen molar-refractivity contribution >= 4 is 31.9 Å². The molecule has 0 bridgehead atoms. The Morgan fingerprint density at radius 1 is 0.913 bits per heavy atom. The highest BCUT2D eigenvalue weighted by molar-refractivity contribution is 9.10. The van der Waals surface area contributed by atoms with Crippen LogP contribution in [0.15, 0.2) is 45.3 Å². The molecule has 0 nitrogen and oxygen atoms in total. The van der Waals surface area contributed by atoms with E-state index >= 15 is 0 Å². The molecule has 0 amide bonds. The summed E-state index contributed by atoms with van der Waals surface area (Å²) in [4.78, 5) is 0. The van der Waals surface area contributed by atoms with Crippen LogP contribution in [0.5, 0.6) is 0 Å². The van der Waals surface area contributed by atoms with Crippen LogP contribution in [0.1, 0.15) is 57.1 Å². The Hall–Kier alpha value is -0.600. The summed E-state index contributed by atoms with van der Waals surface area (Å²) in [6.07, 6.45) is 6.45. The van der Waals surface area contributed by atoms with Crippen molar-refractivity contribution < 1.29 is 0 Å². The smallest absolute Gasteiger partial charge is 0.0178 e. The monoisotopic (exact) mass is 432 g/mol. The molecule has 120 valence electrons. The molecule has 0 unspecified atom stereocenters. The second kappa shape index (κ2) is 5.46. The van der Waals surface area contributed by atoms with Gasteiger partial charge in [-0.25, -0.2) is 0 Å². The minimum atomic E-state index is 0.246. The molecule has 2 aliphatic rings. The third-order valence-corrected chi connectivity index (χ3v) is 7.36. The second-order valence-corrected chi connectivity index (χ2v) is 9.23. The standard InChI is InChI=1S/C21H22Br2/c1-3-9-21-11-4-10-20(21,2)18-12-14(22)5-7-16(18)17-8-6-15(23)13-19(17)21/h5-8,12-13H,3-4,9-11H2,1-2H3/t20-,21+/m1/s1. The van der Waals surface area contributed by atoms with Crippen molar-refractivity contribution in [2.45, 2.75) is 56.8 Å². The van der Waals surface area contributed by atoms with E-state index in [-0.39, 0.29) is 10.8 Å². The summed E-state index contributed by atoms with van der Waals surface area (Å²) in [5.74, 6) is 0. The first-order valence-electron chi connectivity index (χ1n) is 8.62. The van der Waals surface area contributed by atoms with Crippen LogP contribution in [0.4, 0.5) is 0 Å². The maximum atomic E-state index is 3.72. The minimum Gasteiger partial charge on any atom is -0.0654 e. The number of fused-ring (bicyclic) bond motifs is 6. The van der Waals surface area contributed by atoms with Crippen molar-refractivity contribution in [2.24, 2.45) is 0 Å². The van der Waals surface area contributed by atoms with Crippen LogP contribution in [0.2, 0.25) is 0 Å². The van der Waals surface area contributed by atoms with Gasteiger partial charge in [0.1, 0.15) is 0 Å². The van der Waals surface area contributed by atoms with Gasteiger partial charge in [0.2, 0.25) is 0 Å². The number of benzene rings is 2. The topological polar surface area (TPSA) is 0 Å². The zero-order valence-electron chi connectivity index (χ0n) is 13.8. The maximum absolute atomic E-state index is 3.72. The average molecular weight is 434 g/mol. The van der Waals surface area contributed by atoms with E-state index in [1.807, 2.05) is 0 Å². The van der Waals surface area contributed by atoms with Crippen molar-refractivity contribution in [1.82, 2.24) is 0 Å². The van der Waals surface area contributed by atoms with E-state index in [9.17, 15) is 0 Å². The molecule has 0 N–H and O–H groups in total. The van der Waals surface area contributed by atoms with Gasteiger partial charge in [0.05, 0.1) is 0 Å². The van der Waals surface area contributed by atoms with Crippen molar-refractivity contribution in [3.8, 4) is 11.1 Å². The van der Waals surface area contributed by atoms with Gasteiger partial charge in [0.15, 0.2) is 0 Å². The van der Waals surface area contributed by atoms with E-state index in [0.717, 1.165) is 0 Å². The minimum absolute atomic E-state index is 0.246. The van der Waals surface area contributed by atoms with Gasteiger partial charge in [-0.05, 0) is 65.8 Å². The molecular weight excluding hydrogens is 412 g/mol. The lowest BCUT2D eigenvalue weighted by molar-refractivity contribution is 0.251. The van der Waals surface area contributed by atoms with Gasteiger partial charge in [-0.15, -0.1) is 0 Å². The quantitative estimate of drug-likeness (QED) is 0.463. The number of hydrogen-bond donors (Lipinski definition) is 0. The molecule has 23 heavy (non-hydrogen) atoms. The first-order valence-corrected chi connectivity index (χ1v) is 10.2. The molecule has 2 aliphatic carbocycles. The molecule has 2 heteroatoms. The van der Waals surface area contributed by atoms with Crippen LogP contribution in [-0.2, 0) is 10.8 Å². The highest BCUT2D eigenvalue weighted by atomic mass is 79.9. The zero-order chi connectivity index (χ0) is 16.2. The molecule has 4 rings (SSSR count). The average Bonchev–Trinajstić information content (AvgIpc) is 2.87. The molecular formula is C21H22Br2. The van der Waals surface area contributed by atoms with Gasteiger partial charge >= 0.3 is 0 Å². The molecule has 0 spiro atoms. The van der Waals surface area contributed by atoms with E-state index < -0.39 is 0 Å². The molecule has 2 atom stereocenters. The fraction of sp³-hybridized carbons (Fsp3) is 0.429. The highest BCUT2D eigenvalue weighted by Gasteiger charge is 2.56. The number of rotatable bonds is 2. The Bertz CT molecular complexity index is 779. The molecule has 2 aromatic rings. The Balaban J connectivity index is 2.10. The first-order chi connectivity index (χ1) is 11.0. The predicted octanol–water partition coefficient (Wildman–Crippen LogP) is 7.37. The number of halogens is 2. The molecule has 2 aromatic carbocycles. The summed E-state index contributed by atoms with van der Waals surface area (Å²) < 4.78 is 2.41. The van der Waals surface area contributed by atoms with E-state index in [4.69, 9.17) is 0 Å². The van der Waals surface area contributed by atoms with E-state index in [0.29, 0.717) is 0 Å². The van der Waals surface area contributed by atoms with Gasteiger partial charge in [-0.3, -0.25) is 0 Å². The van der Waals surface area contributed by atoms with E-state index in [1.165, 1.54) is 52.2 Å². The molecule has 0 aliphatic heterocycles. The van der Waals surface area contributed by atoms with Crippen molar-refractivity contribution in [3.05, 3.63) is 56.5 Å². The lowest BCUT2D eigenvalue weighted by Gasteiger charge is -2.50. The molecule has 1 saturated carbocycles. The van der Waals surface area contributed by atoms with Crippen molar-refractivity contribution in [2.75, 3.05) is 0 Å². The summed E-state index contributed by atoms with van der Waals surface area (Å²) in [6, 6.07) is 13.8. The molecule has 0 aromatic heterocycles. The Morgan fingerprint density at radius 3 is 2.17 bits per heavy atom. The van der Waals surface area contributed by atoms with Crippen molar-refractivity contribution in [3.63, 3.8) is 0 Å². The fourth-order valence-electron chi connectivity index (χ4n) is 5.40. The fourth-order valence-corrected chi connectivity index (χ4v) is 6.12. The third kappa shape index (κ3) is 2.07. The van der Waals surface area contributed by atoms with Crippen LogP contribution in [0, 0.1) is 0 Å². The lowest BCUT2D eigenvalue weighted by Crippen LogP contribution is -2.45. The Morgan fingerprint density at radius 2 is 1.52 bits per heavy atom. The van der Waals surface area contributed by atoms with Gasteiger partial charge < -0.3 is 0 Å². The summed E-state index contributed by atoms with van der Waals surface area (Å²) >= 11 is 7.44. The normalized spacial score (nSPS) is 28.2. The van der Waals surface area contributed by atoms with Gasteiger partial charge in [0.25, 0.3) is 0 Å². The number of hydrogen-bond acceptors (Lipinski definition) is 0. The van der Waals surface area contributed by atoms with Crippen molar-refractivity contribution in [1.29, 1.82) is 0 Å². The molecule has 0 saturated heterocycles.